The third kappa shape index (κ3) is 3.27. The van der Waals surface area contributed by atoms with Gasteiger partial charge in [-0.1, -0.05) is 6.58 Å². The van der Waals surface area contributed by atoms with Crippen LogP contribution in [0.4, 0.5) is 4.79 Å². The average molecular weight is 170 g/mol. The second kappa shape index (κ2) is 3.99. The zero-order chi connectivity index (χ0) is 8.97. The van der Waals surface area contributed by atoms with Crippen LogP contribution in [0, 0.1) is 0 Å². The number of ether oxygens (including phenoxy) is 1. The first-order valence-electron chi connectivity index (χ1n) is 3.98. The minimum Gasteiger partial charge on any atom is -0.453 e. The topological polar surface area (TPSA) is 50.4 Å². The largest absolute Gasteiger partial charge is 0.453 e. The summed E-state index contributed by atoms with van der Waals surface area (Å²) in [6, 6.07) is 0.581. The van der Waals surface area contributed by atoms with E-state index < -0.39 is 6.09 Å². The van der Waals surface area contributed by atoms with E-state index in [9.17, 15) is 4.79 Å². The highest BCUT2D eigenvalue weighted by molar-refractivity contribution is 5.67. The van der Waals surface area contributed by atoms with Crippen LogP contribution in [-0.4, -0.2) is 25.8 Å². The molecule has 4 nitrogen and oxygen atoms in total. The monoisotopic (exact) mass is 170 g/mol. The van der Waals surface area contributed by atoms with Crippen molar-refractivity contribution in [1.29, 1.82) is 0 Å². The Morgan fingerprint density at radius 2 is 2.33 bits per heavy atom. The van der Waals surface area contributed by atoms with Crippen LogP contribution < -0.4 is 10.6 Å². The lowest BCUT2D eigenvalue weighted by Crippen LogP contribution is -2.30. The fourth-order valence-electron chi connectivity index (χ4n) is 0.818. The minimum atomic E-state index is -0.422. The van der Waals surface area contributed by atoms with E-state index in [1.807, 2.05) is 0 Å². The molecule has 0 radical (unpaired) electrons. The molecule has 0 aromatic rings. The maximum absolute atomic E-state index is 10.6. The van der Waals surface area contributed by atoms with Crippen LogP contribution >= 0.6 is 0 Å². The fourth-order valence-corrected chi connectivity index (χ4v) is 0.818. The summed E-state index contributed by atoms with van der Waals surface area (Å²) in [6.45, 7) is 4.19. The molecule has 0 unspecified atom stereocenters. The molecule has 1 aliphatic carbocycles. The van der Waals surface area contributed by atoms with E-state index in [0.717, 1.165) is 5.70 Å². The van der Waals surface area contributed by atoms with Crippen LogP contribution in [0.3, 0.4) is 0 Å². The summed E-state index contributed by atoms with van der Waals surface area (Å²) in [5.41, 5.74) is 0.836. The Bertz CT molecular complexity index is 187. The predicted molar refractivity (Wildman–Crippen MR) is 45.7 cm³/mol. The molecule has 0 bridgehead atoms. The molecule has 68 valence electrons. The number of rotatable bonds is 4. The van der Waals surface area contributed by atoms with E-state index in [2.05, 4.69) is 21.9 Å². The normalized spacial score (nSPS) is 15.1. The molecule has 0 aromatic heterocycles. The second-order valence-corrected chi connectivity index (χ2v) is 2.87. The Hall–Kier alpha value is -1.19. The van der Waals surface area contributed by atoms with Gasteiger partial charge in [0.15, 0.2) is 0 Å². The number of hydrogen-bond donors (Lipinski definition) is 2. The minimum absolute atomic E-state index is 0.422. The van der Waals surface area contributed by atoms with Crippen molar-refractivity contribution in [2.24, 2.45) is 0 Å². The smallest absolute Gasteiger partial charge is 0.407 e. The summed E-state index contributed by atoms with van der Waals surface area (Å²) in [7, 11) is 1.34. The molecule has 0 saturated heterocycles. The summed E-state index contributed by atoms with van der Waals surface area (Å²) >= 11 is 0. The lowest BCUT2D eigenvalue weighted by Gasteiger charge is -2.08. The molecular formula is C8H14N2O2. The third-order valence-corrected chi connectivity index (χ3v) is 1.62. The molecule has 0 heterocycles. The number of hydrogen-bond acceptors (Lipinski definition) is 3. The van der Waals surface area contributed by atoms with Crippen LogP contribution in [0.2, 0.25) is 0 Å². The molecule has 1 saturated carbocycles. The zero-order valence-electron chi connectivity index (χ0n) is 7.22. The van der Waals surface area contributed by atoms with Crippen LogP contribution in [0.5, 0.6) is 0 Å². The van der Waals surface area contributed by atoms with Gasteiger partial charge in [0.2, 0.25) is 0 Å². The SMILES string of the molecule is C=C(CNC(=O)OC)NC1CC1. The zero-order valence-corrected chi connectivity index (χ0v) is 7.22. The van der Waals surface area contributed by atoms with Crippen molar-refractivity contribution < 1.29 is 9.53 Å². The highest BCUT2D eigenvalue weighted by atomic mass is 16.5. The molecule has 1 fully saturated rings. The Kier molecular flexibility index (Phi) is 2.96. The molecule has 2 N–H and O–H groups in total. The highest BCUT2D eigenvalue weighted by Crippen LogP contribution is 2.19. The van der Waals surface area contributed by atoms with Gasteiger partial charge in [0.1, 0.15) is 0 Å². The summed E-state index contributed by atoms with van der Waals surface area (Å²) < 4.78 is 4.40. The van der Waals surface area contributed by atoms with Gasteiger partial charge < -0.3 is 15.4 Å². The number of carbonyl (C=O) groups excluding carboxylic acids is 1. The number of amides is 1. The average Bonchev–Trinajstić information content (AvgIpc) is 2.84. The molecule has 0 aliphatic heterocycles. The fraction of sp³-hybridized carbons (Fsp3) is 0.625. The highest BCUT2D eigenvalue weighted by Gasteiger charge is 2.20. The lowest BCUT2D eigenvalue weighted by atomic mass is 10.4. The van der Waals surface area contributed by atoms with Crippen molar-refractivity contribution in [2.75, 3.05) is 13.7 Å². The number of alkyl carbamates (subject to hydrolysis) is 1. The number of nitrogens with one attached hydrogen (secondary N) is 2. The maximum Gasteiger partial charge on any atom is 0.407 e. The summed E-state index contributed by atoms with van der Waals surface area (Å²) in [6.07, 6.45) is 1.99. The van der Waals surface area contributed by atoms with Gasteiger partial charge in [-0.3, -0.25) is 0 Å². The molecule has 1 amide bonds. The predicted octanol–water partition coefficient (Wildman–Crippen LogP) is 0.608. The van der Waals surface area contributed by atoms with Gasteiger partial charge in [0.25, 0.3) is 0 Å². The van der Waals surface area contributed by atoms with Crippen LogP contribution in [0.15, 0.2) is 12.3 Å². The summed E-state index contributed by atoms with van der Waals surface area (Å²) in [5, 5.41) is 5.71. The van der Waals surface area contributed by atoms with Crippen molar-refractivity contribution in [1.82, 2.24) is 10.6 Å². The first-order valence-corrected chi connectivity index (χ1v) is 3.98. The van der Waals surface area contributed by atoms with Gasteiger partial charge in [0.05, 0.1) is 13.7 Å². The van der Waals surface area contributed by atoms with Crippen molar-refractivity contribution in [2.45, 2.75) is 18.9 Å². The van der Waals surface area contributed by atoms with Gasteiger partial charge in [-0.15, -0.1) is 0 Å². The third-order valence-electron chi connectivity index (χ3n) is 1.62. The first kappa shape index (κ1) is 8.90. The van der Waals surface area contributed by atoms with Crippen molar-refractivity contribution >= 4 is 6.09 Å². The van der Waals surface area contributed by atoms with E-state index in [-0.39, 0.29) is 0 Å². The van der Waals surface area contributed by atoms with Crippen LogP contribution in [0.1, 0.15) is 12.8 Å². The summed E-state index contributed by atoms with van der Waals surface area (Å²) in [5.74, 6) is 0. The molecule has 0 spiro atoms. The molecule has 1 rings (SSSR count). The quantitative estimate of drug-likeness (QED) is 0.650. The second-order valence-electron chi connectivity index (χ2n) is 2.87. The number of methoxy groups -OCH3 is 1. The Morgan fingerprint density at radius 3 is 2.83 bits per heavy atom. The standard InChI is InChI=1S/C8H14N2O2/c1-6(10-7-3-4-7)5-9-8(11)12-2/h7,10H,1,3-5H2,2H3,(H,9,11). The Morgan fingerprint density at radius 1 is 1.67 bits per heavy atom. The van der Waals surface area contributed by atoms with Crippen molar-refractivity contribution in [3.05, 3.63) is 12.3 Å². The Labute approximate surface area is 72.0 Å². The van der Waals surface area contributed by atoms with Crippen LogP contribution in [0.25, 0.3) is 0 Å². The van der Waals surface area contributed by atoms with Gasteiger partial charge in [-0.2, -0.15) is 0 Å². The van der Waals surface area contributed by atoms with Gasteiger partial charge in [-0.05, 0) is 12.8 Å². The number of carbonyl (C=O) groups is 1. The maximum atomic E-state index is 10.6. The molecule has 0 atom stereocenters. The molecular weight excluding hydrogens is 156 g/mol. The van der Waals surface area contributed by atoms with Crippen molar-refractivity contribution in [3.8, 4) is 0 Å². The molecule has 12 heavy (non-hydrogen) atoms. The lowest BCUT2D eigenvalue weighted by molar-refractivity contribution is 0.172. The van der Waals surface area contributed by atoms with Crippen LogP contribution in [-0.2, 0) is 4.74 Å². The van der Waals surface area contributed by atoms with E-state index in [1.54, 1.807) is 0 Å². The molecule has 1 aliphatic rings. The van der Waals surface area contributed by atoms with Crippen molar-refractivity contribution in [3.63, 3.8) is 0 Å². The van der Waals surface area contributed by atoms with Gasteiger partial charge in [0, 0.05) is 11.7 Å². The Balaban J connectivity index is 2.04. The van der Waals surface area contributed by atoms with E-state index in [4.69, 9.17) is 0 Å². The van der Waals surface area contributed by atoms with E-state index in [1.165, 1.54) is 20.0 Å². The summed E-state index contributed by atoms with van der Waals surface area (Å²) in [4.78, 5) is 10.6. The van der Waals surface area contributed by atoms with Gasteiger partial charge >= 0.3 is 6.09 Å². The molecule has 0 aromatic carbocycles. The van der Waals surface area contributed by atoms with E-state index in [0.29, 0.717) is 12.6 Å². The van der Waals surface area contributed by atoms with E-state index >= 15 is 0 Å². The first-order chi connectivity index (χ1) is 5.72. The van der Waals surface area contributed by atoms with Gasteiger partial charge in [-0.25, -0.2) is 4.79 Å². The molecule has 4 heteroatoms.